The van der Waals surface area contributed by atoms with Gasteiger partial charge in [0, 0.05) is 44.8 Å². The minimum absolute atomic E-state index is 0.0619. The molecule has 46 heavy (non-hydrogen) atoms. The Hall–Kier alpha value is -3.42. The molecule has 1 saturated carbocycles. The van der Waals surface area contributed by atoms with Crippen LogP contribution in [0.3, 0.4) is 0 Å². The number of rotatable bonds is 15. The quantitative estimate of drug-likeness (QED) is 0.123. The van der Waals surface area contributed by atoms with Crippen LogP contribution in [0.2, 0.25) is 25.7 Å². The summed E-state index contributed by atoms with van der Waals surface area (Å²) >= 11 is 0. The molecule has 1 aliphatic rings. The zero-order valence-corrected chi connectivity index (χ0v) is 29.4. The van der Waals surface area contributed by atoms with Crippen LogP contribution in [0.25, 0.3) is 11.1 Å². The van der Waals surface area contributed by atoms with Gasteiger partial charge in [-0.25, -0.2) is 9.67 Å². The Bertz CT molecular complexity index is 1480. The van der Waals surface area contributed by atoms with Gasteiger partial charge in [0.25, 0.3) is 5.91 Å². The number of halogens is 1. The number of nitrogens with one attached hydrogen (secondary N) is 2. The fraction of sp³-hybridized carbons (Fsp3) is 0.606. The molecule has 0 saturated heterocycles. The van der Waals surface area contributed by atoms with Gasteiger partial charge in [0.1, 0.15) is 24.3 Å². The molecule has 2 amide bonds. The van der Waals surface area contributed by atoms with Gasteiger partial charge in [0.2, 0.25) is 11.9 Å². The summed E-state index contributed by atoms with van der Waals surface area (Å²) in [5.74, 6) is -0.947. The molecule has 252 valence electrons. The number of hydrogen-bond donors (Lipinski definition) is 2. The summed E-state index contributed by atoms with van der Waals surface area (Å²) in [6.07, 6.45) is 5.72. The van der Waals surface area contributed by atoms with Crippen molar-refractivity contribution in [2.24, 2.45) is 11.8 Å². The number of methoxy groups -OCH3 is 1. The highest BCUT2D eigenvalue weighted by atomic mass is 28.3. The standard InChI is InChI=1S/C33H50FN7O4Si/c1-8-26-29(23(3)39-41(26)21-45-19-20-46(5,6)7)25-13-14-28(36-31(25)34)37-33(43)30(24-11-9-22(2)10-12-24)38-32(42)27-15-16-35-40(27)17-18-44-4/h13-16,22,24,30H,8-12,17-21H2,1-7H3,(H,38,42)(H,36,37,43)/t22-,24-,30-/m0/s1. The van der Waals surface area contributed by atoms with E-state index in [1.807, 2.05) is 13.8 Å². The molecule has 0 aliphatic heterocycles. The van der Waals surface area contributed by atoms with E-state index in [1.54, 1.807) is 40.9 Å². The van der Waals surface area contributed by atoms with Crippen LogP contribution in [-0.2, 0) is 34.0 Å². The monoisotopic (exact) mass is 655 g/mol. The lowest BCUT2D eigenvalue weighted by molar-refractivity contribution is -0.119. The highest BCUT2D eigenvalue weighted by Gasteiger charge is 2.34. The van der Waals surface area contributed by atoms with Crippen LogP contribution in [0.5, 0.6) is 0 Å². The molecule has 4 rings (SSSR count). The van der Waals surface area contributed by atoms with Gasteiger partial charge in [-0.2, -0.15) is 14.6 Å². The molecule has 11 nitrogen and oxygen atoms in total. The zero-order chi connectivity index (χ0) is 33.4. The zero-order valence-electron chi connectivity index (χ0n) is 28.4. The number of aryl methyl sites for hydroxylation is 1. The van der Waals surface area contributed by atoms with Crippen molar-refractivity contribution in [1.29, 1.82) is 0 Å². The van der Waals surface area contributed by atoms with Gasteiger partial charge in [0.15, 0.2) is 0 Å². The minimum atomic E-state index is -1.22. The van der Waals surface area contributed by atoms with E-state index in [1.165, 1.54) is 0 Å². The highest BCUT2D eigenvalue weighted by Crippen LogP contribution is 2.32. The Morgan fingerprint density at radius 3 is 2.50 bits per heavy atom. The Morgan fingerprint density at radius 1 is 1.11 bits per heavy atom. The highest BCUT2D eigenvalue weighted by molar-refractivity contribution is 6.76. The van der Waals surface area contributed by atoms with E-state index in [-0.39, 0.29) is 11.7 Å². The molecular weight excluding hydrogens is 605 g/mol. The van der Waals surface area contributed by atoms with Crippen LogP contribution in [0.4, 0.5) is 10.2 Å². The van der Waals surface area contributed by atoms with Crippen molar-refractivity contribution in [3.63, 3.8) is 0 Å². The number of carbonyl (C=O) groups excluding carboxylic acids is 2. The molecule has 0 unspecified atom stereocenters. The van der Waals surface area contributed by atoms with Crippen molar-refractivity contribution in [3.05, 3.63) is 47.4 Å². The van der Waals surface area contributed by atoms with E-state index in [9.17, 15) is 9.59 Å². The molecule has 13 heteroatoms. The number of aromatic nitrogens is 5. The van der Waals surface area contributed by atoms with Crippen molar-refractivity contribution in [3.8, 4) is 11.1 Å². The first kappa shape index (κ1) is 35.4. The lowest BCUT2D eigenvalue weighted by atomic mass is 9.79. The molecule has 0 bridgehead atoms. The Balaban J connectivity index is 1.51. The van der Waals surface area contributed by atoms with Crippen LogP contribution in [-0.4, -0.2) is 70.8 Å². The maximum Gasteiger partial charge on any atom is 0.270 e. The topological polar surface area (TPSA) is 125 Å². The molecular formula is C33H50FN7O4Si. The normalized spacial score (nSPS) is 17.6. The first-order valence-electron chi connectivity index (χ1n) is 16.3. The SMILES string of the molecule is CCc1c(-c2ccc(NC(=O)[C@@H](NC(=O)c3ccnn3CCOC)[C@H]3CC[C@H](C)CC3)nc2F)c(C)nn1COCC[Si](C)(C)C. The van der Waals surface area contributed by atoms with Crippen LogP contribution in [0, 0.1) is 24.7 Å². The molecule has 2 N–H and O–H groups in total. The smallest absolute Gasteiger partial charge is 0.270 e. The average molecular weight is 656 g/mol. The van der Waals surface area contributed by atoms with Gasteiger partial charge in [-0.05, 0) is 62.3 Å². The molecule has 3 aromatic rings. The Kier molecular flexibility index (Phi) is 12.3. The van der Waals surface area contributed by atoms with E-state index in [0.717, 1.165) is 37.4 Å². The Morgan fingerprint density at radius 2 is 1.85 bits per heavy atom. The lowest BCUT2D eigenvalue weighted by Gasteiger charge is -2.32. The van der Waals surface area contributed by atoms with Crippen molar-refractivity contribution < 1.29 is 23.5 Å². The first-order valence-corrected chi connectivity index (χ1v) is 20.1. The van der Waals surface area contributed by atoms with Crippen molar-refractivity contribution in [1.82, 2.24) is 29.9 Å². The predicted octanol–water partition coefficient (Wildman–Crippen LogP) is 5.67. The Labute approximate surface area is 272 Å². The molecule has 0 radical (unpaired) electrons. The summed E-state index contributed by atoms with van der Waals surface area (Å²) < 4.78 is 30.1. The molecule has 1 atom stereocenters. The van der Waals surface area contributed by atoms with Gasteiger partial charge < -0.3 is 20.1 Å². The fourth-order valence-electron chi connectivity index (χ4n) is 5.98. The second kappa shape index (κ2) is 15.9. The number of hydrogen-bond acceptors (Lipinski definition) is 7. The lowest BCUT2D eigenvalue weighted by Crippen LogP contribution is -2.49. The van der Waals surface area contributed by atoms with E-state index in [4.69, 9.17) is 9.47 Å². The average Bonchev–Trinajstić information content (AvgIpc) is 3.60. The number of ether oxygens (including phenoxy) is 2. The second-order valence-electron chi connectivity index (χ2n) is 13.5. The van der Waals surface area contributed by atoms with Crippen LogP contribution >= 0.6 is 0 Å². The van der Waals surface area contributed by atoms with Crippen molar-refractivity contribution in [2.75, 3.05) is 25.6 Å². The van der Waals surface area contributed by atoms with Crippen LogP contribution in [0.1, 0.15) is 61.4 Å². The van der Waals surface area contributed by atoms with Crippen LogP contribution < -0.4 is 10.6 Å². The van der Waals surface area contributed by atoms with Gasteiger partial charge in [-0.3, -0.25) is 14.3 Å². The number of anilines is 1. The summed E-state index contributed by atoms with van der Waals surface area (Å²) in [4.78, 5) is 31.2. The number of amides is 2. The van der Waals surface area contributed by atoms with E-state index < -0.39 is 31.9 Å². The summed E-state index contributed by atoms with van der Waals surface area (Å²) in [5, 5.41) is 14.6. The van der Waals surface area contributed by atoms with E-state index in [0.29, 0.717) is 61.3 Å². The number of nitrogens with zero attached hydrogens (tertiary/aromatic N) is 5. The summed E-state index contributed by atoms with van der Waals surface area (Å²) in [6.45, 7) is 14.7. The van der Waals surface area contributed by atoms with Gasteiger partial charge >= 0.3 is 0 Å². The van der Waals surface area contributed by atoms with E-state index in [2.05, 4.69) is 52.4 Å². The van der Waals surface area contributed by atoms with Gasteiger partial charge in [-0.15, -0.1) is 0 Å². The third kappa shape index (κ3) is 9.10. The minimum Gasteiger partial charge on any atom is -0.383 e. The largest absolute Gasteiger partial charge is 0.383 e. The second-order valence-corrected chi connectivity index (χ2v) is 19.2. The summed E-state index contributed by atoms with van der Waals surface area (Å²) in [6, 6.07) is 5.08. The van der Waals surface area contributed by atoms with Crippen LogP contribution in [0.15, 0.2) is 24.4 Å². The molecule has 3 aromatic heterocycles. The third-order valence-corrected chi connectivity index (χ3v) is 10.4. The summed E-state index contributed by atoms with van der Waals surface area (Å²) in [5.41, 5.74) is 2.89. The maximum atomic E-state index is 15.7. The van der Waals surface area contributed by atoms with Crippen molar-refractivity contribution >= 4 is 25.7 Å². The molecule has 1 fully saturated rings. The third-order valence-electron chi connectivity index (χ3n) is 8.70. The van der Waals surface area contributed by atoms with Gasteiger partial charge in [0.05, 0.1) is 18.8 Å². The summed E-state index contributed by atoms with van der Waals surface area (Å²) in [7, 11) is 0.364. The number of pyridine rings is 1. The molecule has 3 heterocycles. The molecule has 1 aliphatic carbocycles. The van der Waals surface area contributed by atoms with Crippen molar-refractivity contribution in [2.45, 2.75) is 97.9 Å². The van der Waals surface area contributed by atoms with E-state index >= 15 is 4.39 Å². The predicted molar refractivity (Wildman–Crippen MR) is 179 cm³/mol. The fourth-order valence-corrected chi connectivity index (χ4v) is 6.74. The number of carbonyl (C=O) groups is 2. The first-order chi connectivity index (χ1) is 21.9. The molecule has 0 spiro atoms. The maximum absolute atomic E-state index is 15.7. The molecule has 0 aromatic carbocycles. The van der Waals surface area contributed by atoms with Gasteiger partial charge in [-0.1, -0.05) is 46.3 Å².